The maximum atomic E-state index is 12.7. The second-order valence-corrected chi connectivity index (χ2v) is 8.36. The van der Waals surface area contributed by atoms with Crippen LogP contribution < -0.4 is 10.5 Å². The fourth-order valence-corrected chi connectivity index (χ4v) is 5.40. The number of sulfonamides is 1. The first-order valence-electron chi connectivity index (χ1n) is 7.13. The lowest BCUT2D eigenvalue weighted by molar-refractivity contribution is 0.227. The lowest BCUT2D eigenvalue weighted by atomic mass is 9.78. The van der Waals surface area contributed by atoms with E-state index in [1.165, 1.54) is 11.3 Å². The van der Waals surface area contributed by atoms with Crippen molar-refractivity contribution in [1.82, 2.24) is 14.1 Å². The van der Waals surface area contributed by atoms with Crippen LogP contribution in [-0.2, 0) is 10.0 Å². The maximum absolute atomic E-state index is 12.7. The van der Waals surface area contributed by atoms with Crippen LogP contribution in [0.2, 0.25) is 0 Å². The van der Waals surface area contributed by atoms with E-state index in [1.807, 2.05) is 0 Å². The quantitative estimate of drug-likeness (QED) is 0.902. The number of imidazole rings is 1. The number of hydrogen-bond donors (Lipinski definition) is 2. The second kappa shape index (κ2) is 5.26. The molecule has 0 spiro atoms. The van der Waals surface area contributed by atoms with Crippen molar-refractivity contribution < 1.29 is 8.42 Å². The Morgan fingerprint density at radius 2 is 2.19 bits per heavy atom. The smallest absolute Gasteiger partial charge is 0.260 e. The molecule has 2 aromatic rings. The molecule has 116 valence electrons. The largest absolute Gasteiger partial charge is 0.381 e. The molecule has 21 heavy (non-hydrogen) atoms. The number of anilines is 1. The normalized spacial score (nSPS) is 27.2. The van der Waals surface area contributed by atoms with Crippen molar-refractivity contribution in [3.63, 3.8) is 0 Å². The standard InChI is InChI=1S/C13H20N4O2S2/c1-8-4-3-5-10(9(8)2)16-21(18,19)12-11(14)15-13-17(12)6-7-20-13/h6-10,16H,3-5,14H2,1-2H3. The summed E-state index contributed by atoms with van der Waals surface area (Å²) in [6.45, 7) is 4.28. The molecule has 0 amide bonds. The number of hydrogen-bond acceptors (Lipinski definition) is 5. The Bertz CT molecular complexity index is 749. The number of fused-ring (bicyclic) bond motifs is 1. The van der Waals surface area contributed by atoms with Crippen LogP contribution in [0.3, 0.4) is 0 Å². The molecule has 8 heteroatoms. The number of nitrogens with two attached hydrogens (primary N) is 1. The molecule has 0 saturated heterocycles. The van der Waals surface area contributed by atoms with E-state index in [-0.39, 0.29) is 16.9 Å². The highest BCUT2D eigenvalue weighted by Crippen LogP contribution is 2.31. The zero-order valence-electron chi connectivity index (χ0n) is 12.1. The molecule has 2 aromatic heterocycles. The summed E-state index contributed by atoms with van der Waals surface area (Å²) >= 11 is 1.37. The van der Waals surface area contributed by atoms with Crippen LogP contribution in [0, 0.1) is 11.8 Å². The zero-order chi connectivity index (χ0) is 15.2. The van der Waals surface area contributed by atoms with Gasteiger partial charge in [0.05, 0.1) is 0 Å². The minimum absolute atomic E-state index is 0.0395. The Labute approximate surface area is 128 Å². The summed E-state index contributed by atoms with van der Waals surface area (Å²) in [7, 11) is -3.67. The van der Waals surface area contributed by atoms with Crippen molar-refractivity contribution in [2.45, 2.75) is 44.2 Å². The lowest BCUT2D eigenvalue weighted by Crippen LogP contribution is -2.44. The van der Waals surface area contributed by atoms with Gasteiger partial charge in [-0.1, -0.05) is 26.7 Å². The molecule has 1 aliphatic rings. The van der Waals surface area contributed by atoms with Gasteiger partial charge < -0.3 is 5.73 Å². The van der Waals surface area contributed by atoms with Gasteiger partial charge in [-0.2, -0.15) is 0 Å². The summed E-state index contributed by atoms with van der Waals surface area (Å²) in [4.78, 5) is 4.70. The van der Waals surface area contributed by atoms with E-state index in [1.54, 1.807) is 16.0 Å². The molecule has 3 rings (SSSR count). The van der Waals surface area contributed by atoms with Crippen LogP contribution in [-0.4, -0.2) is 23.8 Å². The van der Waals surface area contributed by atoms with Gasteiger partial charge in [0.1, 0.15) is 0 Å². The summed E-state index contributed by atoms with van der Waals surface area (Å²) in [6, 6.07) is -0.0395. The molecule has 1 saturated carbocycles. The van der Waals surface area contributed by atoms with Gasteiger partial charge in [-0.15, -0.1) is 11.3 Å². The molecule has 1 fully saturated rings. The topological polar surface area (TPSA) is 89.5 Å². The predicted molar refractivity (Wildman–Crippen MR) is 83.8 cm³/mol. The van der Waals surface area contributed by atoms with E-state index in [4.69, 9.17) is 5.73 Å². The third-order valence-corrected chi connectivity index (χ3v) is 6.80. The third kappa shape index (κ3) is 2.56. The molecule has 2 heterocycles. The van der Waals surface area contributed by atoms with Crippen LogP contribution >= 0.6 is 11.3 Å². The van der Waals surface area contributed by atoms with E-state index in [9.17, 15) is 8.42 Å². The van der Waals surface area contributed by atoms with Crippen molar-refractivity contribution in [3.05, 3.63) is 11.6 Å². The van der Waals surface area contributed by atoms with Gasteiger partial charge in [0, 0.05) is 17.6 Å². The summed E-state index contributed by atoms with van der Waals surface area (Å²) in [5.74, 6) is 0.905. The summed E-state index contributed by atoms with van der Waals surface area (Å²) in [6.07, 6.45) is 4.76. The number of aromatic nitrogens is 2. The van der Waals surface area contributed by atoms with Gasteiger partial charge in [0.25, 0.3) is 10.0 Å². The number of rotatable bonds is 3. The summed E-state index contributed by atoms with van der Waals surface area (Å²) in [5, 5.41) is 1.86. The lowest BCUT2D eigenvalue weighted by Gasteiger charge is -2.34. The van der Waals surface area contributed by atoms with Gasteiger partial charge in [-0.05, 0) is 18.3 Å². The average molecular weight is 328 g/mol. The number of nitrogens with zero attached hydrogens (tertiary/aromatic N) is 2. The van der Waals surface area contributed by atoms with E-state index >= 15 is 0 Å². The first kappa shape index (κ1) is 14.8. The molecule has 0 bridgehead atoms. The van der Waals surface area contributed by atoms with Crippen molar-refractivity contribution in [1.29, 1.82) is 0 Å². The molecule has 0 aromatic carbocycles. The van der Waals surface area contributed by atoms with Crippen LogP contribution in [0.4, 0.5) is 5.82 Å². The molecule has 3 unspecified atom stereocenters. The van der Waals surface area contributed by atoms with Gasteiger partial charge in [0.15, 0.2) is 15.8 Å². The Balaban J connectivity index is 1.93. The predicted octanol–water partition coefficient (Wildman–Crippen LogP) is 2.08. The third-order valence-electron chi connectivity index (χ3n) is 4.51. The van der Waals surface area contributed by atoms with Crippen molar-refractivity contribution in [2.24, 2.45) is 11.8 Å². The van der Waals surface area contributed by atoms with Gasteiger partial charge in [-0.3, -0.25) is 4.40 Å². The number of thiazole rings is 1. The minimum Gasteiger partial charge on any atom is -0.381 e. The number of nitrogens with one attached hydrogen (secondary N) is 1. The minimum atomic E-state index is -3.67. The number of nitrogen functional groups attached to an aromatic ring is 1. The van der Waals surface area contributed by atoms with Crippen molar-refractivity contribution in [2.75, 3.05) is 5.73 Å². The summed E-state index contributed by atoms with van der Waals surface area (Å²) in [5.41, 5.74) is 5.81. The highest BCUT2D eigenvalue weighted by molar-refractivity contribution is 7.89. The second-order valence-electron chi connectivity index (χ2n) is 5.85. The fourth-order valence-electron chi connectivity index (χ4n) is 3.05. The van der Waals surface area contributed by atoms with Crippen LogP contribution in [0.15, 0.2) is 16.6 Å². The Kier molecular flexibility index (Phi) is 3.71. The molecule has 1 aliphatic carbocycles. The van der Waals surface area contributed by atoms with Crippen molar-refractivity contribution >= 4 is 32.1 Å². The molecule has 3 atom stereocenters. The maximum Gasteiger partial charge on any atom is 0.260 e. The Morgan fingerprint density at radius 3 is 2.95 bits per heavy atom. The SMILES string of the molecule is CC1CCCC(NS(=O)(=O)c2c(N)nc3sccn23)C1C. The van der Waals surface area contributed by atoms with Crippen molar-refractivity contribution in [3.8, 4) is 0 Å². The first-order chi connectivity index (χ1) is 9.90. The van der Waals surface area contributed by atoms with E-state index in [0.717, 1.165) is 19.3 Å². The summed E-state index contributed by atoms with van der Waals surface area (Å²) < 4.78 is 29.8. The van der Waals surface area contributed by atoms with Crippen LogP contribution in [0.1, 0.15) is 33.1 Å². The first-order valence-corrected chi connectivity index (χ1v) is 9.50. The zero-order valence-corrected chi connectivity index (χ0v) is 13.7. The molecule has 0 aliphatic heterocycles. The van der Waals surface area contributed by atoms with E-state index < -0.39 is 10.0 Å². The Morgan fingerprint density at radius 1 is 1.43 bits per heavy atom. The molecule has 6 nitrogen and oxygen atoms in total. The molecular formula is C13H20N4O2S2. The van der Waals surface area contributed by atoms with E-state index in [0.29, 0.717) is 16.8 Å². The van der Waals surface area contributed by atoms with Gasteiger partial charge >= 0.3 is 0 Å². The van der Waals surface area contributed by atoms with Crippen LogP contribution in [0.25, 0.3) is 4.96 Å². The van der Waals surface area contributed by atoms with Crippen LogP contribution in [0.5, 0.6) is 0 Å². The Hall–Kier alpha value is -1.12. The van der Waals surface area contributed by atoms with Gasteiger partial charge in [0.2, 0.25) is 0 Å². The molecular weight excluding hydrogens is 308 g/mol. The van der Waals surface area contributed by atoms with Gasteiger partial charge in [-0.25, -0.2) is 18.1 Å². The highest BCUT2D eigenvalue weighted by Gasteiger charge is 2.33. The monoisotopic (exact) mass is 328 g/mol. The fraction of sp³-hybridized carbons (Fsp3) is 0.615. The highest BCUT2D eigenvalue weighted by atomic mass is 32.2. The average Bonchev–Trinajstić information content (AvgIpc) is 2.94. The molecule has 0 radical (unpaired) electrons. The van der Waals surface area contributed by atoms with E-state index in [2.05, 4.69) is 23.6 Å². The molecule has 3 N–H and O–H groups in total.